The van der Waals surface area contributed by atoms with Gasteiger partial charge in [0.15, 0.2) is 5.16 Å². The summed E-state index contributed by atoms with van der Waals surface area (Å²) in [5.74, 6) is 1.96. The Balaban J connectivity index is 1.61. The van der Waals surface area contributed by atoms with Crippen LogP contribution in [0.4, 0.5) is 5.82 Å². The fourth-order valence-electron chi connectivity index (χ4n) is 3.60. The molecule has 2 aromatic heterocycles. The van der Waals surface area contributed by atoms with Gasteiger partial charge in [-0.05, 0) is 25.2 Å². The van der Waals surface area contributed by atoms with Crippen LogP contribution >= 0.6 is 23.1 Å². The van der Waals surface area contributed by atoms with E-state index < -0.39 is 0 Å². The smallest absolute Gasteiger partial charge is 0.190 e. The number of rotatable bonds is 6. The number of fused-ring (bicyclic) bond motifs is 3. The molecule has 27 heavy (non-hydrogen) atoms. The van der Waals surface area contributed by atoms with Gasteiger partial charge in [0.25, 0.3) is 0 Å². The van der Waals surface area contributed by atoms with E-state index in [0.29, 0.717) is 6.61 Å². The molecular weight excluding hydrogens is 380 g/mol. The molecular formula is C19H28N4O2S2. The van der Waals surface area contributed by atoms with E-state index in [-0.39, 0.29) is 5.60 Å². The Kier molecular flexibility index (Phi) is 5.89. The molecule has 2 aliphatic rings. The van der Waals surface area contributed by atoms with Crippen LogP contribution in [-0.2, 0) is 22.5 Å². The molecule has 1 fully saturated rings. The van der Waals surface area contributed by atoms with E-state index in [2.05, 4.69) is 31.0 Å². The molecule has 1 saturated heterocycles. The first-order valence-corrected chi connectivity index (χ1v) is 11.5. The monoisotopic (exact) mass is 408 g/mol. The van der Waals surface area contributed by atoms with Gasteiger partial charge in [-0.3, -0.25) is 4.90 Å². The zero-order valence-corrected chi connectivity index (χ0v) is 18.0. The van der Waals surface area contributed by atoms with E-state index in [9.17, 15) is 0 Å². The molecule has 0 radical (unpaired) electrons. The molecule has 0 unspecified atom stereocenters. The number of nitrogens with one attached hydrogen (secondary N) is 1. The quantitative estimate of drug-likeness (QED) is 0.581. The second-order valence-electron chi connectivity index (χ2n) is 7.58. The van der Waals surface area contributed by atoms with E-state index in [1.807, 2.05) is 0 Å². The Labute approximate surface area is 169 Å². The number of hydrogen-bond acceptors (Lipinski definition) is 8. The number of thioether (sulfide) groups is 1. The van der Waals surface area contributed by atoms with Crippen LogP contribution in [-0.4, -0.2) is 65.6 Å². The second-order valence-corrected chi connectivity index (χ2v) is 9.89. The fourth-order valence-corrected chi connectivity index (χ4v) is 5.33. The third kappa shape index (κ3) is 4.40. The summed E-state index contributed by atoms with van der Waals surface area (Å²) in [7, 11) is 0. The highest BCUT2D eigenvalue weighted by atomic mass is 32.2. The Morgan fingerprint density at radius 2 is 2.07 bits per heavy atom. The summed E-state index contributed by atoms with van der Waals surface area (Å²) in [5, 5.41) is 5.68. The van der Waals surface area contributed by atoms with Gasteiger partial charge in [0.1, 0.15) is 10.6 Å². The van der Waals surface area contributed by atoms with Crippen molar-refractivity contribution in [3.05, 3.63) is 10.4 Å². The van der Waals surface area contributed by atoms with E-state index in [1.54, 1.807) is 23.1 Å². The van der Waals surface area contributed by atoms with Crippen molar-refractivity contribution < 1.29 is 9.47 Å². The van der Waals surface area contributed by atoms with Crippen LogP contribution in [0, 0.1) is 0 Å². The molecule has 1 N–H and O–H groups in total. The molecule has 8 heteroatoms. The normalized spacial score (nSPS) is 20.0. The molecule has 2 aromatic rings. The van der Waals surface area contributed by atoms with Crippen molar-refractivity contribution in [1.29, 1.82) is 0 Å². The highest BCUT2D eigenvalue weighted by molar-refractivity contribution is 7.99. The highest BCUT2D eigenvalue weighted by Crippen LogP contribution is 2.41. The SMILES string of the molecule is CCSc1nc(NCCN2CCOCC2)c2c3c(sc2n1)COC(C)(C)C3. The molecule has 6 nitrogen and oxygen atoms in total. The summed E-state index contributed by atoms with van der Waals surface area (Å²) in [6.07, 6.45) is 0.907. The van der Waals surface area contributed by atoms with Crippen molar-refractivity contribution in [1.82, 2.24) is 14.9 Å². The lowest BCUT2D eigenvalue weighted by atomic mass is 9.94. The van der Waals surface area contributed by atoms with Crippen molar-refractivity contribution in [2.75, 3.05) is 50.5 Å². The third-order valence-corrected chi connectivity index (χ3v) is 6.84. The molecule has 4 rings (SSSR count). The molecule has 0 aliphatic carbocycles. The minimum Gasteiger partial charge on any atom is -0.379 e. The van der Waals surface area contributed by atoms with Gasteiger partial charge >= 0.3 is 0 Å². The Morgan fingerprint density at radius 1 is 1.26 bits per heavy atom. The van der Waals surface area contributed by atoms with Gasteiger partial charge in [0, 0.05) is 37.5 Å². The van der Waals surface area contributed by atoms with Crippen LogP contribution in [0.2, 0.25) is 0 Å². The largest absolute Gasteiger partial charge is 0.379 e. The van der Waals surface area contributed by atoms with Crippen LogP contribution in [0.1, 0.15) is 31.2 Å². The van der Waals surface area contributed by atoms with Crippen LogP contribution in [0.5, 0.6) is 0 Å². The van der Waals surface area contributed by atoms with Gasteiger partial charge in [0.2, 0.25) is 0 Å². The summed E-state index contributed by atoms with van der Waals surface area (Å²) >= 11 is 3.46. The van der Waals surface area contributed by atoms with Crippen molar-refractivity contribution in [3.63, 3.8) is 0 Å². The number of thiophene rings is 1. The summed E-state index contributed by atoms with van der Waals surface area (Å²) < 4.78 is 11.5. The minimum atomic E-state index is -0.136. The molecule has 0 bridgehead atoms. The number of nitrogens with zero attached hydrogens (tertiary/aromatic N) is 3. The van der Waals surface area contributed by atoms with Crippen molar-refractivity contribution in [3.8, 4) is 0 Å². The molecule has 0 atom stereocenters. The zero-order chi connectivity index (χ0) is 18.9. The van der Waals surface area contributed by atoms with E-state index in [1.165, 1.54) is 15.8 Å². The van der Waals surface area contributed by atoms with Crippen molar-refractivity contribution in [2.45, 2.75) is 44.6 Å². The van der Waals surface area contributed by atoms with Crippen LogP contribution in [0.15, 0.2) is 5.16 Å². The maximum absolute atomic E-state index is 6.02. The van der Waals surface area contributed by atoms with Gasteiger partial charge in [-0.1, -0.05) is 18.7 Å². The van der Waals surface area contributed by atoms with Gasteiger partial charge < -0.3 is 14.8 Å². The number of morpholine rings is 1. The standard InChI is InChI=1S/C19H28N4O2S2/c1-4-26-18-21-16(20-5-6-23-7-9-24-10-8-23)15-13-11-19(2,3)25-12-14(13)27-17(15)22-18/h4-12H2,1-3H3,(H,20,21,22). The number of anilines is 1. The molecule has 4 heterocycles. The van der Waals surface area contributed by atoms with Gasteiger partial charge in [-0.2, -0.15) is 0 Å². The maximum Gasteiger partial charge on any atom is 0.190 e. The highest BCUT2D eigenvalue weighted by Gasteiger charge is 2.31. The van der Waals surface area contributed by atoms with Crippen molar-refractivity contribution >= 4 is 39.1 Å². The predicted octanol–water partition coefficient (Wildman–Crippen LogP) is 3.40. The summed E-state index contributed by atoms with van der Waals surface area (Å²) in [6.45, 7) is 12.7. The van der Waals surface area contributed by atoms with E-state index in [4.69, 9.17) is 19.4 Å². The van der Waals surface area contributed by atoms with Gasteiger partial charge in [-0.15, -0.1) is 11.3 Å². The lowest BCUT2D eigenvalue weighted by Gasteiger charge is -2.30. The Bertz CT molecular complexity index is 803. The summed E-state index contributed by atoms with van der Waals surface area (Å²) in [6, 6.07) is 0. The van der Waals surface area contributed by atoms with Crippen LogP contribution < -0.4 is 5.32 Å². The summed E-state index contributed by atoms with van der Waals surface area (Å²) in [4.78, 5) is 14.5. The minimum absolute atomic E-state index is 0.136. The van der Waals surface area contributed by atoms with Crippen LogP contribution in [0.3, 0.4) is 0 Å². The lowest BCUT2D eigenvalue weighted by molar-refractivity contribution is -0.0379. The molecule has 148 valence electrons. The molecule has 0 spiro atoms. The van der Waals surface area contributed by atoms with Crippen molar-refractivity contribution in [2.24, 2.45) is 0 Å². The van der Waals surface area contributed by atoms with E-state index >= 15 is 0 Å². The maximum atomic E-state index is 6.02. The lowest BCUT2D eigenvalue weighted by Crippen LogP contribution is -2.39. The number of aromatic nitrogens is 2. The molecule has 0 amide bonds. The summed E-state index contributed by atoms with van der Waals surface area (Å²) in [5.41, 5.74) is 1.23. The average Bonchev–Trinajstić information content (AvgIpc) is 2.99. The third-order valence-electron chi connectivity index (χ3n) is 5.01. The molecule has 0 aromatic carbocycles. The molecule has 2 aliphatic heterocycles. The van der Waals surface area contributed by atoms with E-state index in [0.717, 1.165) is 67.4 Å². The van der Waals surface area contributed by atoms with Gasteiger partial charge in [0.05, 0.1) is 30.8 Å². The second kappa shape index (κ2) is 8.21. The zero-order valence-electron chi connectivity index (χ0n) is 16.3. The first-order chi connectivity index (χ1) is 13.1. The van der Waals surface area contributed by atoms with Crippen LogP contribution in [0.25, 0.3) is 10.2 Å². The average molecular weight is 409 g/mol. The topological polar surface area (TPSA) is 59.5 Å². The predicted molar refractivity (Wildman–Crippen MR) is 112 cm³/mol. The first-order valence-electron chi connectivity index (χ1n) is 9.69. The Hall–Kier alpha value is -0.930. The first kappa shape index (κ1) is 19.4. The number of ether oxygens (including phenoxy) is 2. The Morgan fingerprint density at radius 3 is 2.85 bits per heavy atom. The van der Waals surface area contributed by atoms with Gasteiger partial charge in [-0.25, -0.2) is 9.97 Å². The molecule has 0 saturated carbocycles. The fraction of sp³-hybridized carbons (Fsp3) is 0.684. The number of hydrogen-bond donors (Lipinski definition) is 1.